The average molecular weight is 196 g/mol. The molecule has 0 aliphatic rings. The lowest BCUT2D eigenvalue weighted by Crippen LogP contribution is -2.29. The van der Waals surface area contributed by atoms with E-state index in [-0.39, 0.29) is 11.0 Å². The van der Waals surface area contributed by atoms with Gasteiger partial charge in [0, 0.05) is 0 Å². The van der Waals surface area contributed by atoms with Crippen molar-refractivity contribution >= 4 is 18.3 Å². The van der Waals surface area contributed by atoms with Crippen LogP contribution < -0.4 is 5.46 Å². The predicted octanol–water partition coefficient (Wildman–Crippen LogP) is 0.433. The summed E-state index contributed by atoms with van der Waals surface area (Å²) >= 11 is 0. The number of rotatable bonds is 2. The molecule has 0 atom stereocenters. The van der Waals surface area contributed by atoms with Crippen molar-refractivity contribution in [3.05, 3.63) is 29.6 Å². The first-order valence-corrected chi connectivity index (χ1v) is 4.12. The van der Waals surface area contributed by atoms with Crippen LogP contribution in [0, 0.1) is 5.82 Å². The van der Waals surface area contributed by atoms with Crippen molar-refractivity contribution in [1.82, 2.24) is 0 Å². The zero-order chi connectivity index (χ0) is 10.7. The molecule has 0 fully saturated rings. The Balaban J connectivity index is 3.06. The number of carbonyl (C=O) groups is 1. The fraction of sp³-hybridized carbons (Fsp3) is 0.222. The second-order valence-electron chi connectivity index (χ2n) is 2.90. The van der Waals surface area contributed by atoms with E-state index in [1.54, 1.807) is 0 Å². The molecule has 0 radical (unpaired) electrons. The normalized spacial score (nSPS) is 9.71. The topological polar surface area (TPSA) is 46.5 Å². The quantitative estimate of drug-likeness (QED) is 0.551. The van der Waals surface area contributed by atoms with E-state index in [4.69, 9.17) is 5.02 Å². The molecular weight excluding hydrogens is 186 g/mol. The van der Waals surface area contributed by atoms with E-state index in [1.807, 2.05) is 0 Å². The number of benzene rings is 1. The molecule has 1 aromatic carbocycles. The molecule has 0 heterocycles. The van der Waals surface area contributed by atoms with Crippen LogP contribution in [0.4, 0.5) is 4.39 Å². The second kappa shape index (κ2) is 4.24. The van der Waals surface area contributed by atoms with E-state index in [0.717, 1.165) is 6.07 Å². The number of esters is 1. The van der Waals surface area contributed by atoms with Crippen LogP contribution in [-0.2, 0) is 4.74 Å². The first-order valence-electron chi connectivity index (χ1n) is 4.12. The molecule has 0 aliphatic carbocycles. The van der Waals surface area contributed by atoms with Crippen LogP contribution in [0.25, 0.3) is 0 Å². The minimum atomic E-state index is -0.887. The van der Waals surface area contributed by atoms with Crippen LogP contribution >= 0.6 is 0 Å². The molecule has 0 aliphatic heterocycles. The summed E-state index contributed by atoms with van der Waals surface area (Å²) in [6.07, 6.45) is 0. The summed E-state index contributed by atoms with van der Waals surface area (Å²) < 4.78 is 17.7. The predicted molar refractivity (Wildman–Crippen MR) is 51.2 cm³/mol. The van der Waals surface area contributed by atoms with Gasteiger partial charge in [-0.15, -0.1) is 0 Å². The average Bonchev–Trinajstić information content (AvgIpc) is 2.15. The van der Waals surface area contributed by atoms with Crippen LogP contribution in [0.2, 0.25) is 6.82 Å². The van der Waals surface area contributed by atoms with Gasteiger partial charge >= 0.3 is 12.9 Å². The Morgan fingerprint density at radius 3 is 2.64 bits per heavy atom. The Morgan fingerprint density at radius 2 is 2.21 bits per heavy atom. The van der Waals surface area contributed by atoms with Gasteiger partial charge < -0.3 is 9.76 Å². The molecule has 0 spiro atoms. The second-order valence-corrected chi connectivity index (χ2v) is 2.90. The highest BCUT2D eigenvalue weighted by Crippen LogP contribution is 2.04. The Bertz CT molecular complexity index is 352. The van der Waals surface area contributed by atoms with Gasteiger partial charge in [0.15, 0.2) is 0 Å². The Hall–Kier alpha value is -1.36. The van der Waals surface area contributed by atoms with Gasteiger partial charge in [-0.05, 0) is 17.6 Å². The maximum atomic E-state index is 13.2. The molecule has 1 rings (SSSR count). The highest BCUT2D eigenvalue weighted by molar-refractivity contribution is 6.64. The van der Waals surface area contributed by atoms with Crippen molar-refractivity contribution < 1.29 is 18.9 Å². The van der Waals surface area contributed by atoms with Crippen molar-refractivity contribution in [3.63, 3.8) is 0 Å². The molecule has 0 aromatic heterocycles. The molecule has 1 aromatic rings. The number of halogens is 1. The lowest BCUT2D eigenvalue weighted by Gasteiger charge is -2.04. The minimum absolute atomic E-state index is 0.134. The summed E-state index contributed by atoms with van der Waals surface area (Å²) in [5.74, 6) is -1.20. The van der Waals surface area contributed by atoms with Gasteiger partial charge in [0.1, 0.15) is 5.82 Å². The number of hydrogen-bond donors (Lipinski definition) is 1. The van der Waals surface area contributed by atoms with E-state index in [9.17, 15) is 9.18 Å². The van der Waals surface area contributed by atoms with Crippen molar-refractivity contribution in [2.24, 2.45) is 0 Å². The summed E-state index contributed by atoms with van der Waals surface area (Å²) in [6.45, 7) is 0.567. The Kier molecular flexibility index (Phi) is 3.25. The van der Waals surface area contributed by atoms with Crippen LogP contribution in [0.15, 0.2) is 18.2 Å². The molecule has 14 heavy (non-hydrogen) atoms. The summed E-state index contributed by atoms with van der Waals surface area (Å²) in [5, 5.41) is 9.14. The molecule has 0 saturated carbocycles. The van der Waals surface area contributed by atoms with Crippen molar-refractivity contribution in [2.45, 2.75) is 6.82 Å². The summed E-state index contributed by atoms with van der Waals surface area (Å²) in [6, 6.07) is 3.83. The molecule has 0 saturated heterocycles. The SMILES string of the molecule is COC(=O)c1ccc(B(C)O)c(F)c1. The van der Waals surface area contributed by atoms with Gasteiger partial charge in [-0.25, -0.2) is 9.18 Å². The van der Waals surface area contributed by atoms with Gasteiger partial charge in [0.25, 0.3) is 0 Å². The van der Waals surface area contributed by atoms with Gasteiger partial charge in [0.2, 0.25) is 0 Å². The first-order chi connectivity index (χ1) is 6.56. The van der Waals surface area contributed by atoms with E-state index in [2.05, 4.69) is 4.74 Å². The van der Waals surface area contributed by atoms with E-state index >= 15 is 0 Å². The van der Waals surface area contributed by atoms with Crippen molar-refractivity contribution in [3.8, 4) is 0 Å². The highest BCUT2D eigenvalue weighted by Gasteiger charge is 2.15. The smallest absolute Gasteiger partial charge is 0.337 e. The maximum absolute atomic E-state index is 13.2. The van der Waals surface area contributed by atoms with Crippen molar-refractivity contribution in [2.75, 3.05) is 7.11 Å². The van der Waals surface area contributed by atoms with Crippen molar-refractivity contribution in [1.29, 1.82) is 0 Å². The fourth-order valence-corrected chi connectivity index (χ4v) is 1.11. The highest BCUT2D eigenvalue weighted by atomic mass is 19.1. The first kappa shape index (κ1) is 10.7. The Labute approximate surface area is 81.6 Å². The molecular formula is C9H10BFO3. The lowest BCUT2D eigenvalue weighted by molar-refractivity contribution is 0.0600. The zero-order valence-corrected chi connectivity index (χ0v) is 7.95. The third-order valence-corrected chi connectivity index (χ3v) is 1.87. The molecule has 74 valence electrons. The summed E-state index contributed by atoms with van der Waals surface area (Å²) in [7, 11) is 1.23. The number of carbonyl (C=O) groups excluding carboxylic acids is 1. The van der Waals surface area contributed by atoms with Crippen LogP contribution in [-0.4, -0.2) is 25.0 Å². The maximum Gasteiger partial charge on any atom is 0.337 e. The molecule has 5 heteroatoms. The number of ether oxygens (including phenoxy) is 1. The monoisotopic (exact) mass is 196 g/mol. The number of methoxy groups -OCH3 is 1. The van der Waals surface area contributed by atoms with E-state index in [1.165, 1.54) is 26.1 Å². The Morgan fingerprint density at radius 1 is 1.57 bits per heavy atom. The standard InChI is InChI=1S/C9H10BFO3/c1-10(13)7-4-3-6(5-8(7)11)9(12)14-2/h3-5,13H,1-2H3. The zero-order valence-electron chi connectivity index (χ0n) is 7.95. The third-order valence-electron chi connectivity index (χ3n) is 1.87. The fourth-order valence-electron chi connectivity index (χ4n) is 1.11. The molecule has 0 amide bonds. The van der Waals surface area contributed by atoms with Crippen LogP contribution in [0.5, 0.6) is 0 Å². The van der Waals surface area contributed by atoms with E-state index < -0.39 is 18.7 Å². The van der Waals surface area contributed by atoms with E-state index in [0.29, 0.717) is 0 Å². The van der Waals surface area contributed by atoms with Gasteiger partial charge in [-0.3, -0.25) is 0 Å². The molecule has 0 unspecified atom stereocenters. The molecule has 3 nitrogen and oxygen atoms in total. The number of hydrogen-bond acceptors (Lipinski definition) is 3. The van der Waals surface area contributed by atoms with Gasteiger partial charge in [-0.1, -0.05) is 12.9 Å². The van der Waals surface area contributed by atoms with Crippen LogP contribution in [0.1, 0.15) is 10.4 Å². The largest absolute Gasteiger partial charge is 0.465 e. The van der Waals surface area contributed by atoms with Gasteiger partial charge in [0.05, 0.1) is 12.7 Å². The van der Waals surface area contributed by atoms with Gasteiger partial charge in [-0.2, -0.15) is 0 Å². The summed E-state index contributed by atoms with van der Waals surface area (Å²) in [5.41, 5.74) is 0.298. The molecule has 1 N–H and O–H groups in total. The van der Waals surface area contributed by atoms with Crippen LogP contribution in [0.3, 0.4) is 0 Å². The minimum Gasteiger partial charge on any atom is -0.465 e. The summed E-state index contributed by atoms with van der Waals surface area (Å²) in [4.78, 5) is 11.0. The lowest BCUT2D eigenvalue weighted by atomic mass is 9.64. The third kappa shape index (κ3) is 2.11. The molecule has 0 bridgehead atoms.